The van der Waals surface area contributed by atoms with Crippen LogP contribution in [-0.2, 0) is 4.79 Å². The molecule has 2 N–H and O–H groups in total. The first kappa shape index (κ1) is 11.4. The van der Waals surface area contributed by atoms with Crippen LogP contribution >= 0.6 is 0 Å². The van der Waals surface area contributed by atoms with Crippen molar-refractivity contribution in [2.45, 2.75) is 19.8 Å². The number of hydrogen-bond donors (Lipinski definition) is 2. The summed E-state index contributed by atoms with van der Waals surface area (Å²) in [5.74, 6) is -1.48. The Labute approximate surface area is 88.1 Å². The van der Waals surface area contributed by atoms with Crippen LogP contribution in [-0.4, -0.2) is 23.3 Å². The Balaban J connectivity index is 3.27. The molecule has 15 heavy (non-hydrogen) atoms. The topological polar surface area (TPSA) is 66.8 Å². The first-order chi connectivity index (χ1) is 6.99. The molecule has 0 amide bonds. The molecule has 0 fully saturated rings. The third kappa shape index (κ3) is 2.03. The van der Waals surface area contributed by atoms with Gasteiger partial charge in [-0.15, -0.1) is 0 Å². The molecule has 4 heteroatoms. The molecule has 0 heterocycles. The number of rotatable bonds is 3. The van der Waals surface area contributed by atoms with Crippen molar-refractivity contribution in [1.82, 2.24) is 0 Å². The number of aryl methyl sites for hydroxylation is 1. The van der Waals surface area contributed by atoms with Crippen LogP contribution in [0.5, 0.6) is 11.5 Å². The fourth-order valence-electron chi connectivity index (χ4n) is 1.43. The quantitative estimate of drug-likeness (QED) is 0.799. The summed E-state index contributed by atoms with van der Waals surface area (Å²) in [6.45, 7) is 3.31. The molecule has 1 aromatic carbocycles. The Morgan fingerprint density at radius 1 is 1.47 bits per heavy atom. The van der Waals surface area contributed by atoms with Crippen molar-refractivity contribution >= 4 is 5.97 Å². The monoisotopic (exact) mass is 210 g/mol. The Morgan fingerprint density at radius 3 is 2.53 bits per heavy atom. The lowest BCUT2D eigenvalue weighted by Crippen LogP contribution is -2.08. The number of aromatic hydroxyl groups is 1. The molecule has 0 saturated carbocycles. The molecule has 0 radical (unpaired) electrons. The first-order valence-electron chi connectivity index (χ1n) is 4.58. The van der Waals surface area contributed by atoms with Gasteiger partial charge in [0.1, 0.15) is 0 Å². The predicted molar refractivity (Wildman–Crippen MR) is 55.4 cm³/mol. The maximum Gasteiger partial charge on any atom is 0.310 e. The zero-order valence-corrected chi connectivity index (χ0v) is 8.94. The number of methoxy groups -OCH3 is 1. The number of carboxylic acid groups (broad SMARTS) is 1. The Hall–Kier alpha value is -1.71. The van der Waals surface area contributed by atoms with Crippen molar-refractivity contribution in [3.8, 4) is 11.5 Å². The first-order valence-corrected chi connectivity index (χ1v) is 4.58. The maximum absolute atomic E-state index is 10.8. The van der Waals surface area contributed by atoms with E-state index in [-0.39, 0.29) is 5.75 Å². The van der Waals surface area contributed by atoms with Gasteiger partial charge in [0.05, 0.1) is 13.0 Å². The standard InChI is InChI=1S/C11H14O4/c1-6-4-5-8(7(2)11(13)14)9(12)10(6)15-3/h4-5,7,12H,1-3H3,(H,13,14). The van der Waals surface area contributed by atoms with Gasteiger partial charge in [-0.05, 0) is 19.4 Å². The lowest BCUT2D eigenvalue weighted by Gasteiger charge is -2.13. The molecule has 1 unspecified atom stereocenters. The molecule has 82 valence electrons. The molecule has 0 aliphatic heterocycles. The lowest BCUT2D eigenvalue weighted by atomic mass is 9.98. The molecule has 4 nitrogen and oxygen atoms in total. The Kier molecular flexibility index (Phi) is 3.19. The Bertz CT molecular complexity index is 384. The number of hydrogen-bond acceptors (Lipinski definition) is 3. The van der Waals surface area contributed by atoms with E-state index < -0.39 is 11.9 Å². The van der Waals surface area contributed by atoms with E-state index in [0.717, 1.165) is 5.56 Å². The van der Waals surface area contributed by atoms with Gasteiger partial charge in [0.2, 0.25) is 0 Å². The van der Waals surface area contributed by atoms with E-state index in [1.165, 1.54) is 14.0 Å². The molecular weight excluding hydrogens is 196 g/mol. The average molecular weight is 210 g/mol. The van der Waals surface area contributed by atoms with Gasteiger partial charge in [-0.1, -0.05) is 12.1 Å². The Morgan fingerprint density at radius 2 is 2.07 bits per heavy atom. The highest BCUT2D eigenvalue weighted by molar-refractivity contribution is 5.77. The summed E-state index contributed by atoms with van der Waals surface area (Å²) in [6, 6.07) is 3.33. The fraction of sp³-hybridized carbons (Fsp3) is 0.364. The number of ether oxygens (including phenoxy) is 1. The third-order valence-corrected chi connectivity index (χ3v) is 2.40. The van der Waals surface area contributed by atoms with E-state index >= 15 is 0 Å². The van der Waals surface area contributed by atoms with Crippen molar-refractivity contribution in [3.63, 3.8) is 0 Å². The van der Waals surface area contributed by atoms with Crippen molar-refractivity contribution < 1.29 is 19.7 Å². The van der Waals surface area contributed by atoms with Crippen LogP contribution < -0.4 is 4.74 Å². The van der Waals surface area contributed by atoms with Crippen molar-refractivity contribution in [3.05, 3.63) is 23.3 Å². The summed E-state index contributed by atoms with van der Waals surface area (Å²) in [4.78, 5) is 10.8. The van der Waals surface area contributed by atoms with Crippen LogP contribution in [0.3, 0.4) is 0 Å². The minimum Gasteiger partial charge on any atom is -0.504 e. The van der Waals surface area contributed by atoms with Crippen LogP contribution in [0.1, 0.15) is 24.0 Å². The SMILES string of the molecule is COc1c(C)ccc(C(C)C(=O)O)c1O. The number of benzene rings is 1. The largest absolute Gasteiger partial charge is 0.504 e. The minimum atomic E-state index is -0.976. The van der Waals surface area contributed by atoms with Crippen LogP contribution in [0.25, 0.3) is 0 Å². The van der Waals surface area contributed by atoms with Crippen LogP contribution in [0.2, 0.25) is 0 Å². The summed E-state index contributed by atoms with van der Waals surface area (Å²) in [5, 5.41) is 18.6. The molecule has 0 aliphatic rings. The second-order valence-corrected chi connectivity index (χ2v) is 3.41. The van der Waals surface area contributed by atoms with Gasteiger partial charge in [0.25, 0.3) is 0 Å². The molecule has 0 aliphatic carbocycles. The molecule has 0 aromatic heterocycles. The minimum absolute atomic E-state index is 0.0904. The highest BCUT2D eigenvalue weighted by atomic mass is 16.5. The van der Waals surface area contributed by atoms with Gasteiger partial charge < -0.3 is 14.9 Å². The van der Waals surface area contributed by atoms with Gasteiger partial charge in [0, 0.05) is 5.56 Å². The molecule has 1 atom stereocenters. The van der Waals surface area contributed by atoms with Gasteiger partial charge in [-0.2, -0.15) is 0 Å². The number of carbonyl (C=O) groups is 1. The smallest absolute Gasteiger partial charge is 0.310 e. The lowest BCUT2D eigenvalue weighted by molar-refractivity contribution is -0.138. The van der Waals surface area contributed by atoms with E-state index in [2.05, 4.69) is 0 Å². The number of phenolic OH excluding ortho intramolecular Hbond substituents is 1. The summed E-state index contributed by atoms with van der Waals surface area (Å²) >= 11 is 0. The van der Waals surface area contributed by atoms with E-state index in [1.807, 2.05) is 0 Å². The van der Waals surface area contributed by atoms with Crippen molar-refractivity contribution in [2.75, 3.05) is 7.11 Å². The molecule has 0 bridgehead atoms. The number of phenols is 1. The zero-order valence-electron chi connectivity index (χ0n) is 8.94. The van der Waals surface area contributed by atoms with Gasteiger partial charge in [-0.25, -0.2) is 0 Å². The molecular formula is C11H14O4. The maximum atomic E-state index is 10.8. The van der Waals surface area contributed by atoms with Crippen molar-refractivity contribution in [1.29, 1.82) is 0 Å². The normalized spacial score (nSPS) is 12.2. The molecule has 0 saturated heterocycles. The second kappa shape index (κ2) is 4.21. The van der Waals surface area contributed by atoms with Gasteiger partial charge in [0.15, 0.2) is 11.5 Å². The van der Waals surface area contributed by atoms with Crippen molar-refractivity contribution in [2.24, 2.45) is 0 Å². The zero-order chi connectivity index (χ0) is 11.6. The summed E-state index contributed by atoms with van der Waals surface area (Å²) in [6.07, 6.45) is 0. The van der Waals surface area contributed by atoms with E-state index in [4.69, 9.17) is 9.84 Å². The van der Waals surface area contributed by atoms with Crippen LogP contribution in [0.15, 0.2) is 12.1 Å². The highest BCUT2D eigenvalue weighted by Gasteiger charge is 2.20. The van der Waals surface area contributed by atoms with E-state index in [9.17, 15) is 9.90 Å². The average Bonchev–Trinajstić information content (AvgIpc) is 2.17. The highest BCUT2D eigenvalue weighted by Crippen LogP contribution is 2.37. The third-order valence-electron chi connectivity index (χ3n) is 2.40. The van der Waals surface area contributed by atoms with E-state index in [1.54, 1.807) is 19.1 Å². The molecule has 1 rings (SSSR count). The molecule has 1 aromatic rings. The summed E-state index contributed by atoms with van der Waals surface area (Å²) < 4.78 is 5.00. The van der Waals surface area contributed by atoms with Crippen LogP contribution in [0, 0.1) is 6.92 Å². The van der Waals surface area contributed by atoms with Gasteiger partial charge in [-0.3, -0.25) is 4.79 Å². The van der Waals surface area contributed by atoms with Crippen LogP contribution in [0.4, 0.5) is 0 Å². The summed E-state index contributed by atoms with van der Waals surface area (Å²) in [5.41, 5.74) is 1.14. The predicted octanol–water partition coefficient (Wildman–Crippen LogP) is 1.90. The van der Waals surface area contributed by atoms with E-state index in [0.29, 0.717) is 11.3 Å². The number of carboxylic acids is 1. The second-order valence-electron chi connectivity index (χ2n) is 3.41. The molecule has 0 spiro atoms. The van der Waals surface area contributed by atoms with Gasteiger partial charge >= 0.3 is 5.97 Å². The summed E-state index contributed by atoms with van der Waals surface area (Å²) in [7, 11) is 1.44. The fourth-order valence-corrected chi connectivity index (χ4v) is 1.43. The number of aliphatic carboxylic acids is 1.